The van der Waals surface area contributed by atoms with Gasteiger partial charge in [0.25, 0.3) is 0 Å². The normalized spacial score (nSPS) is 14.8. The van der Waals surface area contributed by atoms with E-state index in [9.17, 15) is 9.59 Å². The summed E-state index contributed by atoms with van der Waals surface area (Å²) in [7, 11) is 0. The molecule has 2 unspecified atom stereocenters. The van der Waals surface area contributed by atoms with Crippen molar-refractivity contribution in [3.63, 3.8) is 0 Å². The lowest BCUT2D eigenvalue weighted by molar-refractivity contribution is -0.138. The van der Waals surface area contributed by atoms with E-state index in [0.717, 1.165) is 12.8 Å². The van der Waals surface area contributed by atoms with Crippen LogP contribution >= 0.6 is 0 Å². The number of rotatable bonds is 8. The van der Waals surface area contributed by atoms with Gasteiger partial charge >= 0.3 is 5.97 Å². The fourth-order valence-electron chi connectivity index (χ4n) is 2.02. The van der Waals surface area contributed by atoms with Crippen LogP contribution < -0.4 is 11.1 Å². The molecule has 0 aliphatic rings. The van der Waals surface area contributed by atoms with Gasteiger partial charge in [0.05, 0.1) is 5.92 Å². The number of nitrogens with two attached hydrogens (primary N) is 1. The Morgan fingerprint density at radius 1 is 1.32 bits per heavy atom. The maximum atomic E-state index is 12.0. The second-order valence-corrected chi connectivity index (χ2v) is 6.31. The molecule has 0 heterocycles. The summed E-state index contributed by atoms with van der Waals surface area (Å²) in [5.41, 5.74) is 5.69. The highest BCUT2D eigenvalue weighted by Crippen LogP contribution is 2.24. The van der Waals surface area contributed by atoms with E-state index in [4.69, 9.17) is 10.8 Å². The van der Waals surface area contributed by atoms with Crippen LogP contribution in [-0.4, -0.2) is 30.1 Å². The van der Waals surface area contributed by atoms with Gasteiger partial charge in [0.15, 0.2) is 0 Å². The molecule has 0 aromatic carbocycles. The third-order valence-electron chi connectivity index (χ3n) is 3.12. The van der Waals surface area contributed by atoms with Crippen LogP contribution in [-0.2, 0) is 9.59 Å². The van der Waals surface area contributed by atoms with Crippen molar-refractivity contribution in [1.29, 1.82) is 0 Å². The van der Waals surface area contributed by atoms with Crippen molar-refractivity contribution < 1.29 is 14.7 Å². The molecule has 0 saturated heterocycles. The predicted molar refractivity (Wildman–Crippen MR) is 75.7 cm³/mol. The molecule has 0 saturated carbocycles. The van der Waals surface area contributed by atoms with Crippen LogP contribution in [0.25, 0.3) is 0 Å². The number of nitrogens with one attached hydrogen (secondary N) is 1. The van der Waals surface area contributed by atoms with Crippen LogP contribution in [0.2, 0.25) is 0 Å². The molecule has 5 heteroatoms. The molecule has 0 aliphatic heterocycles. The lowest BCUT2D eigenvalue weighted by Crippen LogP contribution is -2.39. The second kappa shape index (κ2) is 8.15. The minimum Gasteiger partial charge on any atom is -0.481 e. The minimum atomic E-state index is -0.828. The van der Waals surface area contributed by atoms with Gasteiger partial charge in [-0.15, -0.1) is 0 Å². The average Bonchev–Trinajstić information content (AvgIpc) is 2.29. The number of carboxylic acid groups (broad SMARTS) is 1. The molecular weight excluding hydrogens is 244 g/mol. The number of carbonyl (C=O) groups excluding carboxylic acids is 1. The zero-order valence-corrected chi connectivity index (χ0v) is 12.5. The molecule has 0 radical (unpaired) electrons. The van der Waals surface area contributed by atoms with Gasteiger partial charge in [0.2, 0.25) is 5.91 Å². The number of hydrogen-bond donors (Lipinski definition) is 3. The SMILES string of the molecule is CCC(CNC(=O)C(CN)CC(C)(C)C)CC(=O)O. The highest BCUT2D eigenvalue weighted by molar-refractivity contribution is 5.79. The Hall–Kier alpha value is -1.10. The predicted octanol–water partition coefficient (Wildman–Crippen LogP) is 1.61. The Bertz CT molecular complexity index is 298. The van der Waals surface area contributed by atoms with Gasteiger partial charge in [-0.3, -0.25) is 9.59 Å². The number of carboxylic acids is 1. The van der Waals surface area contributed by atoms with Crippen LogP contribution in [0, 0.1) is 17.3 Å². The first kappa shape index (κ1) is 17.9. The summed E-state index contributed by atoms with van der Waals surface area (Å²) in [4.78, 5) is 22.7. The maximum absolute atomic E-state index is 12.0. The van der Waals surface area contributed by atoms with Crippen molar-refractivity contribution in [2.24, 2.45) is 23.0 Å². The van der Waals surface area contributed by atoms with Crippen molar-refractivity contribution in [2.75, 3.05) is 13.1 Å². The van der Waals surface area contributed by atoms with Crippen molar-refractivity contribution in [3.05, 3.63) is 0 Å². The number of carbonyl (C=O) groups is 2. The van der Waals surface area contributed by atoms with Crippen LogP contribution in [0.3, 0.4) is 0 Å². The molecule has 19 heavy (non-hydrogen) atoms. The topological polar surface area (TPSA) is 92.4 Å². The number of hydrogen-bond acceptors (Lipinski definition) is 3. The molecule has 0 bridgehead atoms. The summed E-state index contributed by atoms with van der Waals surface area (Å²) in [6.45, 7) is 8.86. The fraction of sp³-hybridized carbons (Fsp3) is 0.857. The lowest BCUT2D eigenvalue weighted by Gasteiger charge is -2.25. The van der Waals surface area contributed by atoms with E-state index in [1.807, 2.05) is 6.92 Å². The number of aliphatic carboxylic acids is 1. The van der Waals surface area contributed by atoms with Crippen LogP contribution in [0.15, 0.2) is 0 Å². The first-order chi connectivity index (χ1) is 8.69. The number of amides is 1. The summed E-state index contributed by atoms with van der Waals surface area (Å²) >= 11 is 0. The molecule has 1 amide bonds. The molecule has 2 atom stereocenters. The van der Waals surface area contributed by atoms with Crippen LogP contribution in [0.5, 0.6) is 0 Å². The Balaban J connectivity index is 4.29. The van der Waals surface area contributed by atoms with Crippen LogP contribution in [0.1, 0.15) is 47.0 Å². The highest BCUT2D eigenvalue weighted by Gasteiger charge is 2.24. The summed E-state index contributed by atoms with van der Waals surface area (Å²) in [5.74, 6) is -1.12. The Kier molecular flexibility index (Phi) is 7.68. The third kappa shape index (κ3) is 8.59. The lowest BCUT2D eigenvalue weighted by atomic mass is 9.84. The van der Waals surface area contributed by atoms with Gasteiger partial charge in [-0.05, 0) is 17.8 Å². The summed E-state index contributed by atoms with van der Waals surface area (Å²) < 4.78 is 0. The van der Waals surface area contributed by atoms with Crippen molar-refractivity contribution in [1.82, 2.24) is 5.32 Å². The van der Waals surface area contributed by atoms with E-state index in [1.54, 1.807) is 0 Å². The molecule has 5 nitrogen and oxygen atoms in total. The average molecular weight is 272 g/mol. The van der Waals surface area contributed by atoms with E-state index in [-0.39, 0.29) is 29.6 Å². The molecule has 0 fully saturated rings. The van der Waals surface area contributed by atoms with Crippen molar-refractivity contribution >= 4 is 11.9 Å². The first-order valence-electron chi connectivity index (χ1n) is 6.89. The molecule has 0 aromatic rings. The highest BCUT2D eigenvalue weighted by atomic mass is 16.4. The Morgan fingerprint density at radius 2 is 1.89 bits per heavy atom. The molecule has 112 valence electrons. The summed E-state index contributed by atoms with van der Waals surface area (Å²) in [6.07, 6.45) is 1.55. The monoisotopic (exact) mass is 272 g/mol. The molecule has 0 rings (SSSR count). The smallest absolute Gasteiger partial charge is 0.303 e. The molecule has 4 N–H and O–H groups in total. The van der Waals surface area contributed by atoms with Gasteiger partial charge in [-0.25, -0.2) is 0 Å². The quantitative estimate of drug-likeness (QED) is 0.626. The van der Waals surface area contributed by atoms with Crippen molar-refractivity contribution in [2.45, 2.75) is 47.0 Å². The van der Waals surface area contributed by atoms with Gasteiger partial charge in [0.1, 0.15) is 0 Å². The zero-order valence-electron chi connectivity index (χ0n) is 12.5. The van der Waals surface area contributed by atoms with Gasteiger partial charge < -0.3 is 16.2 Å². The standard InChI is InChI=1S/C14H28N2O3/c1-5-10(6-12(17)18)9-16-13(19)11(8-15)7-14(2,3)4/h10-11H,5-9,15H2,1-4H3,(H,16,19)(H,17,18). The largest absolute Gasteiger partial charge is 0.481 e. The van der Waals surface area contributed by atoms with E-state index in [2.05, 4.69) is 26.1 Å². The van der Waals surface area contributed by atoms with Crippen molar-refractivity contribution in [3.8, 4) is 0 Å². The molecule has 0 aliphatic carbocycles. The van der Waals surface area contributed by atoms with Gasteiger partial charge in [-0.1, -0.05) is 34.1 Å². The molecular formula is C14H28N2O3. The second-order valence-electron chi connectivity index (χ2n) is 6.31. The third-order valence-corrected chi connectivity index (χ3v) is 3.12. The first-order valence-corrected chi connectivity index (χ1v) is 6.89. The Morgan fingerprint density at radius 3 is 2.26 bits per heavy atom. The zero-order chi connectivity index (χ0) is 15.1. The van der Waals surface area contributed by atoms with Gasteiger partial charge in [-0.2, -0.15) is 0 Å². The van der Waals surface area contributed by atoms with E-state index >= 15 is 0 Å². The van der Waals surface area contributed by atoms with Gasteiger partial charge in [0, 0.05) is 19.5 Å². The summed E-state index contributed by atoms with van der Waals surface area (Å²) in [6, 6.07) is 0. The Labute approximate surface area is 115 Å². The van der Waals surface area contributed by atoms with Crippen LogP contribution in [0.4, 0.5) is 0 Å². The molecule has 0 spiro atoms. The fourth-order valence-corrected chi connectivity index (χ4v) is 2.02. The maximum Gasteiger partial charge on any atom is 0.303 e. The minimum absolute atomic E-state index is 0.0190. The molecule has 0 aromatic heterocycles. The summed E-state index contributed by atoms with van der Waals surface area (Å²) in [5, 5.41) is 11.6. The van der Waals surface area contributed by atoms with E-state index < -0.39 is 5.97 Å². The van der Waals surface area contributed by atoms with E-state index in [1.165, 1.54) is 0 Å². The van der Waals surface area contributed by atoms with E-state index in [0.29, 0.717) is 13.1 Å².